The normalized spacial score (nSPS) is 20.2. The van der Waals surface area contributed by atoms with E-state index in [-0.39, 0.29) is 6.61 Å². The third kappa shape index (κ3) is 2.96. The predicted octanol–water partition coefficient (Wildman–Crippen LogP) is 3.39. The van der Waals surface area contributed by atoms with Crippen LogP contribution in [0.4, 0.5) is 5.82 Å². The monoisotopic (exact) mass is 268 g/mol. The van der Waals surface area contributed by atoms with Crippen LogP contribution in [0.2, 0.25) is 5.02 Å². The highest BCUT2D eigenvalue weighted by atomic mass is 35.5. The zero-order valence-electron chi connectivity index (χ0n) is 10.9. The van der Waals surface area contributed by atoms with E-state index >= 15 is 0 Å². The lowest BCUT2D eigenvalue weighted by Crippen LogP contribution is -2.40. The molecule has 0 aromatic carbocycles. The number of pyridine rings is 1. The third-order valence-electron chi connectivity index (χ3n) is 3.63. The van der Waals surface area contributed by atoms with Gasteiger partial charge < -0.3 is 10.0 Å². The quantitative estimate of drug-likeness (QED) is 0.909. The predicted molar refractivity (Wildman–Crippen MR) is 75.1 cm³/mol. The second kappa shape index (κ2) is 6.39. The molecule has 3 nitrogen and oxygen atoms in total. The van der Waals surface area contributed by atoms with Gasteiger partial charge in [0.05, 0.1) is 11.6 Å². The largest absolute Gasteiger partial charge is 0.392 e. The number of piperidine rings is 1. The van der Waals surface area contributed by atoms with Gasteiger partial charge in [-0.25, -0.2) is 4.98 Å². The summed E-state index contributed by atoms with van der Waals surface area (Å²) < 4.78 is 0. The Morgan fingerprint density at radius 2 is 2.33 bits per heavy atom. The molecule has 2 rings (SSSR count). The van der Waals surface area contributed by atoms with Gasteiger partial charge in [0.25, 0.3) is 0 Å². The number of hydrogen-bond donors (Lipinski definition) is 1. The molecule has 1 saturated heterocycles. The summed E-state index contributed by atoms with van der Waals surface area (Å²) in [6, 6.07) is 2.51. The second-order valence-electron chi connectivity index (χ2n) is 4.92. The maximum absolute atomic E-state index is 9.28. The minimum atomic E-state index is -0.0271. The SMILES string of the molecule is CCCC1CCCCN1c1cc(CO)c(Cl)cn1. The van der Waals surface area contributed by atoms with Gasteiger partial charge in [-0.2, -0.15) is 0 Å². The fraction of sp³-hybridized carbons (Fsp3) is 0.643. The number of aliphatic hydroxyl groups excluding tert-OH is 1. The van der Waals surface area contributed by atoms with Crippen molar-refractivity contribution in [2.24, 2.45) is 0 Å². The number of hydrogen-bond acceptors (Lipinski definition) is 3. The first-order chi connectivity index (χ1) is 8.76. The first kappa shape index (κ1) is 13.6. The first-order valence-electron chi connectivity index (χ1n) is 6.78. The maximum Gasteiger partial charge on any atom is 0.129 e. The molecule has 1 fully saturated rings. The Hall–Kier alpha value is -0.800. The molecule has 4 heteroatoms. The van der Waals surface area contributed by atoms with Crippen molar-refractivity contribution >= 4 is 17.4 Å². The number of rotatable bonds is 4. The van der Waals surface area contributed by atoms with Crippen LogP contribution in [0.25, 0.3) is 0 Å². The van der Waals surface area contributed by atoms with Crippen LogP contribution in [0.1, 0.15) is 44.6 Å². The molecule has 1 aromatic rings. The molecule has 1 aromatic heterocycles. The molecule has 0 radical (unpaired) electrons. The molecule has 1 N–H and O–H groups in total. The fourth-order valence-electron chi connectivity index (χ4n) is 2.68. The van der Waals surface area contributed by atoms with Crippen LogP contribution in [-0.2, 0) is 6.61 Å². The summed E-state index contributed by atoms with van der Waals surface area (Å²) in [5.74, 6) is 0.960. The molecule has 100 valence electrons. The molecule has 1 aliphatic heterocycles. The molecular formula is C14H21ClN2O. The van der Waals surface area contributed by atoms with Crippen molar-refractivity contribution in [1.29, 1.82) is 0 Å². The molecule has 0 aliphatic carbocycles. The summed E-state index contributed by atoms with van der Waals surface area (Å²) >= 11 is 5.99. The zero-order chi connectivity index (χ0) is 13.0. The molecule has 0 saturated carbocycles. The average Bonchev–Trinajstić information content (AvgIpc) is 2.40. The molecule has 1 unspecified atom stereocenters. The topological polar surface area (TPSA) is 36.4 Å². The number of anilines is 1. The van der Waals surface area contributed by atoms with E-state index in [2.05, 4.69) is 16.8 Å². The second-order valence-corrected chi connectivity index (χ2v) is 5.33. The fourth-order valence-corrected chi connectivity index (χ4v) is 2.84. The summed E-state index contributed by atoms with van der Waals surface area (Å²) in [5, 5.41) is 9.83. The molecule has 1 aliphatic rings. The van der Waals surface area contributed by atoms with Crippen LogP contribution < -0.4 is 4.90 Å². The van der Waals surface area contributed by atoms with Crippen molar-refractivity contribution in [3.63, 3.8) is 0 Å². The number of nitrogens with zero attached hydrogens (tertiary/aromatic N) is 2. The van der Waals surface area contributed by atoms with E-state index in [1.54, 1.807) is 6.20 Å². The lowest BCUT2D eigenvalue weighted by Gasteiger charge is -2.37. The molecule has 0 bridgehead atoms. The summed E-state index contributed by atoms with van der Waals surface area (Å²) in [4.78, 5) is 6.80. The van der Waals surface area contributed by atoms with Crippen LogP contribution >= 0.6 is 11.6 Å². The number of halogens is 1. The van der Waals surface area contributed by atoms with Crippen molar-refractivity contribution in [1.82, 2.24) is 4.98 Å². The van der Waals surface area contributed by atoms with Gasteiger partial charge in [-0.15, -0.1) is 0 Å². The van der Waals surface area contributed by atoms with E-state index in [4.69, 9.17) is 11.6 Å². The molecule has 0 spiro atoms. The van der Waals surface area contributed by atoms with Crippen LogP contribution in [0.5, 0.6) is 0 Å². The molecule has 1 atom stereocenters. The van der Waals surface area contributed by atoms with Crippen LogP contribution in [0.3, 0.4) is 0 Å². The standard InChI is InChI=1S/C14H21ClN2O/c1-2-5-12-6-3-4-7-17(12)14-8-11(10-18)13(15)9-16-14/h8-9,12,18H,2-7,10H2,1H3. The number of aliphatic hydroxyl groups is 1. The summed E-state index contributed by atoms with van der Waals surface area (Å²) in [5.41, 5.74) is 0.766. The van der Waals surface area contributed by atoms with E-state index in [1.165, 1.54) is 32.1 Å². The zero-order valence-corrected chi connectivity index (χ0v) is 11.7. The highest BCUT2D eigenvalue weighted by Crippen LogP contribution is 2.28. The van der Waals surface area contributed by atoms with E-state index in [0.29, 0.717) is 11.1 Å². The Labute approximate surface area is 114 Å². The highest BCUT2D eigenvalue weighted by molar-refractivity contribution is 6.31. The Morgan fingerprint density at radius 3 is 3.06 bits per heavy atom. The van der Waals surface area contributed by atoms with Gasteiger partial charge in [-0.1, -0.05) is 24.9 Å². The first-order valence-corrected chi connectivity index (χ1v) is 7.16. The lowest BCUT2D eigenvalue weighted by atomic mass is 9.98. The smallest absolute Gasteiger partial charge is 0.129 e. The molecule has 2 heterocycles. The van der Waals surface area contributed by atoms with Gasteiger partial charge in [-0.3, -0.25) is 0 Å². The van der Waals surface area contributed by atoms with E-state index < -0.39 is 0 Å². The average molecular weight is 269 g/mol. The Morgan fingerprint density at radius 1 is 1.50 bits per heavy atom. The van der Waals surface area contributed by atoms with Gasteiger partial charge in [0.2, 0.25) is 0 Å². The Bertz CT molecular complexity index is 395. The summed E-state index contributed by atoms with van der Waals surface area (Å²) in [6.07, 6.45) is 7.83. The minimum Gasteiger partial charge on any atom is -0.392 e. The van der Waals surface area contributed by atoms with Crippen LogP contribution in [-0.4, -0.2) is 22.7 Å². The van der Waals surface area contributed by atoms with Gasteiger partial charge in [-0.05, 0) is 31.7 Å². The van der Waals surface area contributed by atoms with E-state index in [1.807, 2.05) is 6.07 Å². The van der Waals surface area contributed by atoms with E-state index in [0.717, 1.165) is 17.9 Å². The van der Waals surface area contributed by atoms with E-state index in [9.17, 15) is 5.11 Å². The van der Waals surface area contributed by atoms with Gasteiger partial charge in [0, 0.05) is 24.3 Å². The van der Waals surface area contributed by atoms with Gasteiger partial charge >= 0.3 is 0 Å². The highest BCUT2D eigenvalue weighted by Gasteiger charge is 2.23. The van der Waals surface area contributed by atoms with Crippen molar-refractivity contribution in [3.8, 4) is 0 Å². The lowest BCUT2D eigenvalue weighted by molar-refractivity contribution is 0.281. The van der Waals surface area contributed by atoms with Crippen LogP contribution in [0, 0.1) is 0 Å². The van der Waals surface area contributed by atoms with Gasteiger partial charge in [0.15, 0.2) is 0 Å². The maximum atomic E-state index is 9.28. The molecule has 0 amide bonds. The molecule has 18 heavy (non-hydrogen) atoms. The Balaban J connectivity index is 2.22. The molecular weight excluding hydrogens is 248 g/mol. The van der Waals surface area contributed by atoms with Crippen molar-refractivity contribution in [2.75, 3.05) is 11.4 Å². The van der Waals surface area contributed by atoms with Crippen LogP contribution in [0.15, 0.2) is 12.3 Å². The summed E-state index contributed by atoms with van der Waals surface area (Å²) in [7, 11) is 0. The number of aromatic nitrogens is 1. The Kier molecular flexibility index (Phi) is 4.84. The minimum absolute atomic E-state index is 0.0271. The van der Waals surface area contributed by atoms with Gasteiger partial charge in [0.1, 0.15) is 5.82 Å². The third-order valence-corrected chi connectivity index (χ3v) is 3.97. The van der Waals surface area contributed by atoms with Crippen molar-refractivity contribution in [3.05, 3.63) is 22.8 Å². The van der Waals surface area contributed by atoms with Crippen molar-refractivity contribution < 1.29 is 5.11 Å². The summed E-state index contributed by atoms with van der Waals surface area (Å²) in [6.45, 7) is 3.26. The van der Waals surface area contributed by atoms with Crippen molar-refractivity contribution in [2.45, 2.75) is 51.7 Å².